The van der Waals surface area contributed by atoms with Crippen molar-refractivity contribution in [3.05, 3.63) is 40.9 Å². The minimum absolute atomic E-state index is 0.0498. The Morgan fingerprint density at radius 2 is 2.05 bits per heavy atom. The van der Waals surface area contributed by atoms with E-state index in [2.05, 4.69) is 6.58 Å². The van der Waals surface area contributed by atoms with Gasteiger partial charge in [0.1, 0.15) is 0 Å². The highest BCUT2D eigenvalue weighted by Gasteiger charge is 2.22. The highest BCUT2D eigenvalue weighted by Crippen LogP contribution is 2.23. The van der Waals surface area contributed by atoms with Crippen molar-refractivity contribution in [2.24, 2.45) is 0 Å². The first-order chi connectivity index (χ1) is 8.66. The summed E-state index contributed by atoms with van der Waals surface area (Å²) in [6.07, 6.45) is 0. The number of halogens is 1. The van der Waals surface area contributed by atoms with Gasteiger partial charge in [0.15, 0.2) is 0 Å². The molecule has 19 heavy (non-hydrogen) atoms. The Balaban J connectivity index is 3.20. The zero-order chi connectivity index (χ0) is 14.8. The summed E-state index contributed by atoms with van der Waals surface area (Å²) < 4.78 is 25.5. The molecule has 1 aromatic carbocycles. The van der Waals surface area contributed by atoms with Gasteiger partial charge in [-0.05, 0) is 25.1 Å². The molecular weight excluding hydrogens is 290 g/mol. The largest absolute Gasteiger partial charge is 0.478 e. The zero-order valence-corrected chi connectivity index (χ0v) is 12.1. The van der Waals surface area contributed by atoms with Gasteiger partial charge in [0.25, 0.3) is 0 Å². The van der Waals surface area contributed by atoms with Crippen molar-refractivity contribution in [3.8, 4) is 0 Å². The number of nitrogens with zero attached hydrogens (tertiary/aromatic N) is 1. The van der Waals surface area contributed by atoms with Crippen molar-refractivity contribution < 1.29 is 18.3 Å². The molecule has 0 bridgehead atoms. The smallest absolute Gasteiger partial charge is 0.337 e. The van der Waals surface area contributed by atoms with Gasteiger partial charge >= 0.3 is 5.97 Å². The van der Waals surface area contributed by atoms with Crippen LogP contribution in [0.2, 0.25) is 5.02 Å². The van der Waals surface area contributed by atoms with Gasteiger partial charge in [-0.15, -0.1) is 0 Å². The summed E-state index contributed by atoms with van der Waals surface area (Å²) in [7, 11) is -2.28. The molecule has 1 rings (SSSR count). The van der Waals surface area contributed by atoms with E-state index in [0.717, 1.165) is 10.4 Å². The molecule has 0 aliphatic heterocycles. The van der Waals surface area contributed by atoms with E-state index in [4.69, 9.17) is 16.7 Å². The van der Waals surface area contributed by atoms with E-state index in [0.29, 0.717) is 5.57 Å². The molecule has 0 unspecified atom stereocenters. The van der Waals surface area contributed by atoms with Gasteiger partial charge in [0.05, 0.1) is 15.5 Å². The highest BCUT2D eigenvalue weighted by atomic mass is 35.5. The van der Waals surface area contributed by atoms with E-state index in [1.165, 1.54) is 19.2 Å². The van der Waals surface area contributed by atoms with Crippen LogP contribution in [-0.4, -0.2) is 37.4 Å². The number of sulfonamides is 1. The van der Waals surface area contributed by atoms with Gasteiger partial charge in [-0.2, -0.15) is 4.31 Å². The van der Waals surface area contributed by atoms with Gasteiger partial charge < -0.3 is 5.11 Å². The standard InChI is InChI=1S/C12H14ClNO4S/c1-8(2)7-14(3)19(17,18)9-4-5-10(12(15)16)11(13)6-9/h4-6H,1,7H2,2-3H3,(H,15,16). The predicted octanol–water partition coefficient (Wildman–Crippen LogP) is 2.23. The molecule has 1 N–H and O–H groups in total. The third-order valence-electron chi connectivity index (χ3n) is 2.37. The molecular formula is C12H14ClNO4S. The van der Waals surface area contributed by atoms with Gasteiger partial charge in [-0.1, -0.05) is 23.8 Å². The quantitative estimate of drug-likeness (QED) is 0.847. The number of rotatable bonds is 5. The van der Waals surface area contributed by atoms with Crippen LogP contribution < -0.4 is 0 Å². The van der Waals surface area contributed by atoms with Crippen LogP contribution in [0.4, 0.5) is 0 Å². The summed E-state index contributed by atoms with van der Waals surface area (Å²) in [6.45, 7) is 5.54. The fourth-order valence-corrected chi connectivity index (χ4v) is 3.06. The lowest BCUT2D eigenvalue weighted by atomic mass is 10.2. The second kappa shape index (κ2) is 5.73. The Kier molecular flexibility index (Phi) is 4.73. The number of aromatic carboxylic acids is 1. The minimum atomic E-state index is -3.70. The number of carboxylic acid groups (broad SMARTS) is 1. The second-order valence-corrected chi connectivity index (χ2v) is 6.62. The molecule has 104 valence electrons. The molecule has 0 fully saturated rings. The zero-order valence-electron chi connectivity index (χ0n) is 10.6. The van der Waals surface area contributed by atoms with Crippen LogP contribution in [0.5, 0.6) is 0 Å². The van der Waals surface area contributed by atoms with Crippen molar-refractivity contribution in [2.45, 2.75) is 11.8 Å². The van der Waals surface area contributed by atoms with Crippen LogP contribution in [0.15, 0.2) is 35.2 Å². The molecule has 0 saturated heterocycles. The van der Waals surface area contributed by atoms with Crippen LogP contribution >= 0.6 is 11.6 Å². The first-order valence-electron chi connectivity index (χ1n) is 5.30. The van der Waals surface area contributed by atoms with Crippen LogP contribution in [-0.2, 0) is 10.0 Å². The lowest BCUT2D eigenvalue weighted by Gasteiger charge is -2.17. The molecule has 0 aromatic heterocycles. The van der Waals surface area contributed by atoms with Crippen LogP contribution in [0.1, 0.15) is 17.3 Å². The van der Waals surface area contributed by atoms with Crippen LogP contribution in [0, 0.1) is 0 Å². The molecule has 0 atom stereocenters. The molecule has 0 aliphatic rings. The number of hydrogen-bond acceptors (Lipinski definition) is 3. The highest BCUT2D eigenvalue weighted by molar-refractivity contribution is 7.89. The lowest BCUT2D eigenvalue weighted by Crippen LogP contribution is -2.28. The SMILES string of the molecule is C=C(C)CN(C)S(=O)(=O)c1ccc(C(=O)O)c(Cl)c1. The fourth-order valence-electron chi connectivity index (χ4n) is 1.47. The number of carboxylic acids is 1. The summed E-state index contributed by atoms with van der Waals surface area (Å²) >= 11 is 5.76. The molecule has 0 heterocycles. The molecule has 7 heteroatoms. The van der Waals surface area contributed by atoms with Gasteiger partial charge in [-0.25, -0.2) is 13.2 Å². The molecule has 5 nitrogen and oxygen atoms in total. The van der Waals surface area contributed by atoms with E-state index < -0.39 is 16.0 Å². The maximum absolute atomic E-state index is 12.2. The number of likely N-dealkylation sites (N-methyl/N-ethyl adjacent to an activating group) is 1. The molecule has 0 amide bonds. The summed E-state index contributed by atoms with van der Waals surface area (Å²) in [6, 6.07) is 3.53. The van der Waals surface area contributed by atoms with Crippen molar-refractivity contribution >= 4 is 27.6 Å². The normalized spacial score (nSPS) is 11.6. The Morgan fingerprint density at radius 1 is 1.47 bits per heavy atom. The molecule has 1 aromatic rings. The Morgan fingerprint density at radius 3 is 2.47 bits per heavy atom. The predicted molar refractivity (Wildman–Crippen MR) is 73.0 cm³/mol. The topological polar surface area (TPSA) is 74.7 Å². The minimum Gasteiger partial charge on any atom is -0.478 e. The average Bonchev–Trinajstić information content (AvgIpc) is 2.27. The fraction of sp³-hybridized carbons (Fsp3) is 0.250. The average molecular weight is 304 g/mol. The summed E-state index contributed by atoms with van der Waals surface area (Å²) in [5.74, 6) is -1.20. The van der Waals surface area contributed by atoms with E-state index in [9.17, 15) is 13.2 Å². The van der Waals surface area contributed by atoms with E-state index in [1.54, 1.807) is 6.92 Å². The van der Waals surface area contributed by atoms with Crippen molar-refractivity contribution in [2.75, 3.05) is 13.6 Å². The van der Waals surface area contributed by atoms with Gasteiger partial charge in [0, 0.05) is 13.6 Å². The molecule has 0 aliphatic carbocycles. The van der Waals surface area contributed by atoms with E-state index in [1.807, 2.05) is 0 Å². The Hall–Kier alpha value is -1.37. The maximum atomic E-state index is 12.2. The van der Waals surface area contributed by atoms with Gasteiger partial charge in [0.2, 0.25) is 10.0 Å². The maximum Gasteiger partial charge on any atom is 0.337 e. The second-order valence-electron chi connectivity index (χ2n) is 4.16. The molecule has 0 spiro atoms. The van der Waals surface area contributed by atoms with Gasteiger partial charge in [-0.3, -0.25) is 0 Å². The lowest BCUT2D eigenvalue weighted by molar-refractivity contribution is 0.0697. The van der Waals surface area contributed by atoms with E-state index >= 15 is 0 Å². The third-order valence-corrected chi connectivity index (χ3v) is 4.48. The van der Waals surface area contributed by atoms with Crippen molar-refractivity contribution in [3.63, 3.8) is 0 Å². The first-order valence-corrected chi connectivity index (χ1v) is 7.11. The monoisotopic (exact) mass is 303 g/mol. The van der Waals surface area contributed by atoms with Crippen LogP contribution in [0.25, 0.3) is 0 Å². The van der Waals surface area contributed by atoms with Crippen LogP contribution in [0.3, 0.4) is 0 Å². The third kappa shape index (κ3) is 3.56. The Bertz CT molecular complexity index is 625. The number of benzene rings is 1. The van der Waals surface area contributed by atoms with Crippen molar-refractivity contribution in [1.82, 2.24) is 4.31 Å². The van der Waals surface area contributed by atoms with E-state index in [-0.39, 0.29) is 22.0 Å². The summed E-state index contributed by atoms with van der Waals surface area (Å²) in [5, 5.41) is 8.72. The summed E-state index contributed by atoms with van der Waals surface area (Å²) in [5.41, 5.74) is 0.558. The number of hydrogen-bond donors (Lipinski definition) is 1. The van der Waals surface area contributed by atoms with Crippen molar-refractivity contribution in [1.29, 1.82) is 0 Å². The Labute approximate surface area is 117 Å². The molecule has 0 radical (unpaired) electrons. The first kappa shape index (κ1) is 15.7. The summed E-state index contributed by atoms with van der Waals surface area (Å²) in [4.78, 5) is 10.8. The number of carbonyl (C=O) groups is 1. The molecule has 0 saturated carbocycles.